The van der Waals surface area contributed by atoms with E-state index in [4.69, 9.17) is 18.9 Å². The Kier molecular flexibility index (Phi) is 6.81. The second-order valence-corrected chi connectivity index (χ2v) is 9.40. The summed E-state index contributed by atoms with van der Waals surface area (Å²) in [6.07, 6.45) is 1.51. The molecular weight excluding hydrogens is 460 g/mol. The molecule has 1 saturated heterocycles. The van der Waals surface area contributed by atoms with Gasteiger partial charge in [0.15, 0.2) is 17.3 Å². The van der Waals surface area contributed by atoms with E-state index in [-0.39, 0.29) is 18.2 Å². The van der Waals surface area contributed by atoms with Gasteiger partial charge in [-0.2, -0.15) is 0 Å². The van der Waals surface area contributed by atoms with E-state index in [1.54, 1.807) is 19.1 Å². The van der Waals surface area contributed by atoms with Crippen LogP contribution in [0.2, 0.25) is 0 Å². The van der Waals surface area contributed by atoms with Crippen LogP contribution in [-0.2, 0) is 9.53 Å². The summed E-state index contributed by atoms with van der Waals surface area (Å²) < 4.78 is 22.2. The van der Waals surface area contributed by atoms with Gasteiger partial charge in [-0.15, -0.1) is 11.3 Å². The number of rotatable bonds is 8. The van der Waals surface area contributed by atoms with Gasteiger partial charge >= 0.3 is 0 Å². The zero-order chi connectivity index (χ0) is 24.6. The number of hydrogen-bond donors (Lipinski definition) is 1. The highest BCUT2D eigenvalue weighted by Gasteiger charge is 2.46. The average Bonchev–Trinajstić information content (AvgIpc) is 3.52. The summed E-state index contributed by atoms with van der Waals surface area (Å²) in [5, 5.41) is 11.7. The molecule has 3 heterocycles. The molecule has 0 aliphatic carbocycles. The molecule has 0 saturated carbocycles. The Balaban J connectivity index is 1.86. The van der Waals surface area contributed by atoms with Crippen molar-refractivity contribution in [3.63, 3.8) is 0 Å². The Bertz CT molecular complexity index is 1130. The smallest absolute Gasteiger partial charge is 0.290 e. The van der Waals surface area contributed by atoms with E-state index in [9.17, 15) is 14.7 Å². The molecule has 1 amide bonds. The number of aliphatic hydroxyl groups is 1. The number of aliphatic hydroxyl groups excluding tert-OH is 1. The van der Waals surface area contributed by atoms with Crippen LogP contribution in [0.4, 0.5) is 0 Å². The molecule has 34 heavy (non-hydrogen) atoms. The van der Waals surface area contributed by atoms with Crippen molar-refractivity contribution < 1.29 is 33.6 Å². The third-order valence-electron chi connectivity index (χ3n) is 6.09. The van der Waals surface area contributed by atoms with Gasteiger partial charge in [-0.25, -0.2) is 4.98 Å². The van der Waals surface area contributed by atoms with Crippen molar-refractivity contribution in [3.8, 4) is 17.2 Å². The standard InChI is InChI=1S/C24H28N2O7S/c1-12-23(34-13(2)25-12)20(27)18-19(14-9-16(30-3)22(32-5)17(10-14)31-4)26(24(29)21(18)28)11-15-7-6-8-33-15/h9-10,15,19,28H,6-8,11H2,1-5H3. The molecule has 2 atom stereocenters. The highest BCUT2D eigenvalue weighted by Crippen LogP contribution is 2.46. The molecule has 1 N–H and O–H groups in total. The fourth-order valence-corrected chi connectivity index (χ4v) is 5.43. The molecule has 2 aromatic rings. The Morgan fingerprint density at radius 1 is 1.21 bits per heavy atom. The van der Waals surface area contributed by atoms with Crippen LogP contribution in [0.15, 0.2) is 23.5 Å². The highest BCUT2D eigenvalue weighted by molar-refractivity contribution is 7.14. The van der Waals surface area contributed by atoms with E-state index in [0.717, 1.165) is 17.8 Å². The predicted molar refractivity (Wildman–Crippen MR) is 125 cm³/mol. The Morgan fingerprint density at radius 3 is 2.38 bits per heavy atom. The van der Waals surface area contributed by atoms with Crippen LogP contribution in [-0.4, -0.2) is 67.3 Å². The van der Waals surface area contributed by atoms with Crippen LogP contribution in [0.5, 0.6) is 17.2 Å². The van der Waals surface area contributed by atoms with Crippen molar-refractivity contribution in [3.05, 3.63) is 44.6 Å². The lowest BCUT2D eigenvalue weighted by molar-refractivity contribution is -0.131. The maximum Gasteiger partial charge on any atom is 0.290 e. The average molecular weight is 489 g/mol. The molecule has 9 nitrogen and oxygen atoms in total. The summed E-state index contributed by atoms with van der Waals surface area (Å²) in [4.78, 5) is 33.2. The molecule has 2 aliphatic rings. The van der Waals surface area contributed by atoms with E-state index >= 15 is 0 Å². The number of ketones is 1. The van der Waals surface area contributed by atoms with Crippen LogP contribution in [0.25, 0.3) is 0 Å². The molecule has 2 aliphatic heterocycles. The van der Waals surface area contributed by atoms with Gasteiger partial charge in [-0.05, 0) is 44.4 Å². The van der Waals surface area contributed by atoms with Crippen molar-refractivity contribution in [1.29, 1.82) is 0 Å². The van der Waals surface area contributed by atoms with Gasteiger partial charge in [-0.3, -0.25) is 9.59 Å². The van der Waals surface area contributed by atoms with Gasteiger partial charge in [0.05, 0.1) is 54.6 Å². The maximum atomic E-state index is 13.7. The first-order valence-electron chi connectivity index (χ1n) is 10.9. The van der Waals surface area contributed by atoms with Crippen LogP contribution >= 0.6 is 11.3 Å². The fourth-order valence-electron chi connectivity index (χ4n) is 4.55. The number of thiazole rings is 1. The first-order valence-corrected chi connectivity index (χ1v) is 11.8. The lowest BCUT2D eigenvalue weighted by Gasteiger charge is -2.29. The van der Waals surface area contributed by atoms with Gasteiger partial charge in [0.25, 0.3) is 5.91 Å². The third kappa shape index (κ3) is 4.12. The predicted octanol–water partition coefficient (Wildman–Crippen LogP) is 3.54. The lowest BCUT2D eigenvalue weighted by atomic mass is 9.94. The van der Waals surface area contributed by atoms with Crippen LogP contribution < -0.4 is 14.2 Å². The molecule has 0 bridgehead atoms. The minimum Gasteiger partial charge on any atom is -0.503 e. The molecule has 0 spiro atoms. The van der Waals surface area contributed by atoms with Gasteiger partial charge in [0.1, 0.15) is 0 Å². The Labute approximate surface area is 201 Å². The highest BCUT2D eigenvalue weighted by atomic mass is 32.1. The quantitative estimate of drug-likeness (QED) is 0.562. The summed E-state index contributed by atoms with van der Waals surface area (Å²) >= 11 is 1.24. The number of amides is 1. The van der Waals surface area contributed by atoms with E-state index in [0.29, 0.717) is 40.0 Å². The number of nitrogens with zero attached hydrogens (tertiary/aromatic N) is 2. The van der Waals surface area contributed by atoms with Crippen molar-refractivity contribution in [2.75, 3.05) is 34.5 Å². The molecule has 1 fully saturated rings. The topological polar surface area (TPSA) is 107 Å². The molecule has 1 aromatic carbocycles. The third-order valence-corrected chi connectivity index (χ3v) is 7.16. The van der Waals surface area contributed by atoms with Gasteiger partial charge in [-0.1, -0.05) is 0 Å². The molecule has 182 valence electrons. The number of aromatic nitrogens is 1. The molecule has 0 radical (unpaired) electrons. The van der Waals surface area contributed by atoms with E-state index in [1.807, 2.05) is 6.92 Å². The number of Topliss-reactive ketones (excluding diaryl/α,β-unsaturated/α-hetero) is 1. The summed E-state index contributed by atoms with van der Waals surface area (Å²) in [6.45, 7) is 4.40. The summed E-state index contributed by atoms with van der Waals surface area (Å²) in [5.41, 5.74) is 1.11. The number of aryl methyl sites for hydroxylation is 2. The van der Waals surface area contributed by atoms with Crippen molar-refractivity contribution in [2.24, 2.45) is 0 Å². The van der Waals surface area contributed by atoms with Gasteiger partial charge in [0.2, 0.25) is 11.5 Å². The monoisotopic (exact) mass is 488 g/mol. The minimum absolute atomic E-state index is 0.00372. The number of ether oxygens (including phenoxy) is 4. The molecule has 2 unspecified atom stereocenters. The zero-order valence-corrected chi connectivity index (χ0v) is 20.7. The van der Waals surface area contributed by atoms with Gasteiger partial charge < -0.3 is 29.0 Å². The first kappa shape index (κ1) is 24.0. The number of hydrogen-bond acceptors (Lipinski definition) is 9. The van der Waals surface area contributed by atoms with Crippen molar-refractivity contribution >= 4 is 23.0 Å². The number of methoxy groups -OCH3 is 3. The first-order chi connectivity index (χ1) is 16.3. The number of benzene rings is 1. The molecule has 1 aromatic heterocycles. The van der Waals surface area contributed by atoms with Crippen molar-refractivity contribution in [2.45, 2.75) is 38.8 Å². The fraction of sp³-hybridized carbons (Fsp3) is 0.458. The van der Waals surface area contributed by atoms with Crippen molar-refractivity contribution in [1.82, 2.24) is 9.88 Å². The Hall–Kier alpha value is -3.11. The largest absolute Gasteiger partial charge is 0.503 e. The van der Waals surface area contributed by atoms with E-state index in [1.165, 1.54) is 37.6 Å². The second-order valence-electron chi connectivity index (χ2n) is 8.19. The SMILES string of the molecule is COc1cc(C2C(C(=O)c3sc(C)nc3C)=C(O)C(=O)N2CC2CCCO2)cc(OC)c1OC. The minimum atomic E-state index is -0.861. The van der Waals surface area contributed by atoms with Gasteiger partial charge in [0, 0.05) is 13.2 Å². The maximum absolute atomic E-state index is 13.7. The Morgan fingerprint density at radius 2 is 1.88 bits per heavy atom. The van der Waals surface area contributed by atoms with Crippen LogP contribution in [0, 0.1) is 13.8 Å². The summed E-state index contributed by atoms with van der Waals surface area (Å²) in [5.74, 6) is -0.460. The molecule has 10 heteroatoms. The van der Waals surface area contributed by atoms with Crippen LogP contribution in [0.1, 0.15) is 44.8 Å². The summed E-state index contributed by atoms with van der Waals surface area (Å²) in [7, 11) is 4.49. The lowest BCUT2D eigenvalue weighted by Crippen LogP contribution is -2.37. The molecular formula is C24H28N2O7S. The second kappa shape index (κ2) is 9.63. The van der Waals surface area contributed by atoms with E-state index < -0.39 is 23.5 Å². The molecule has 4 rings (SSSR count). The zero-order valence-electron chi connectivity index (χ0n) is 19.8. The number of carbonyl (C=O) groups excluding carboxylic acids is 2. The summed E-state index contributed by atoms with van der Waals surface area (Å²) in [6, 6.07) is 2.52. The van der Waals surface area contributed by atoms with Crippen LogP contribution in [0.3, 0.4) is 0 Å². The van der Waals surface area contributed by atoms with E-state index in [2.05, 4.69) is 4.98 Å². The normalized spacial score (nSPS) is 20.3. The number of carbonyl (C=O) groups is 2.